The second-order valence-electron chi connectivity index (χ2n) is 7.58. The van der Waals surface area contributed by atoms with Gasteiger partial charge in [0.15, 0.2) is 0 Å². The monoisotopic (exact) mass is 394 g/mol. The van der Waals surface area contributed by atoms with Crippen LogP contribution in [0.1, 0.15) is 18.7 Å². The zero-order valence-electron chi connectivity index (χ0n) is 15.6. The summed E-state index contributed by atoms with van der Waals surface area (Å²) in [6.45, 7) is 5.57. The quantitative estimate of drug-likeness (QED) is 0.471. The fourth-order valence-electron chi connectivity index (χ4n) is 3.80. The number of anilines is 1. The molecular weight excluding hydrogens is 372 g/mol. The number of rotatable bonds is 2. The Morgan fingerprint density at radius 2 is 2.04 bits per heavy atom. The van der Waals surface area contributed by atoms with E-state index in [0.717, 1.165) is 22.7 Å². The van der Waals surface area contributed by atoms with Crippen LogP contribution in [0.4, 0.5) is 11.4 Å². The third-order valence-corrected chi connectivity index (χ3v) is 8.92. The van der Waals surface area contributed by atoms with Crippen LogP contribution < -0.4 is 5.73 Å². The highest BCUT2D eigenvalue weighted by Crippen LogP contribution is 2.54. The molecule has 0 bridgehead atoms. The molecule has 0 radical (unpaired) electrons. The highest BCUT2D eigenvalue weighted by Gasteiger charge is 2.34. The molecule has 0 fully saturated rings. The van der Waals surface area contributed by atoms with E-state index in [0.29, 0.717) is 0 Å². The van der Waals surface area contributed by atoms with Crippen LogP contribution in [0.5, 0.6) is 0 Å². The Balaban J connectivity index is 1.63. The topological polar surface area (TPSA) is 54.5 Å². The van der Waals surface area contributed by atoms with E-state index in [-0.39, 0.29) is 5.54 Å². The molecule has 0 aliphatic carbocycles. The summed E-state index contributed by atoms with van der Waals surface area (Å²) in [5.41, 5.74) is 11.2. The third-order valence-electron chi connectivity index (χ3n) is 5.69. The molecule has 4 heterocycles. The molecule has 2 N–H and O–H groups in total. The number of pyridine rings is 1. The molecule has 2 aliphatic heterocycles. The number of aromatic nitrogens is 1. The van der Waals surface area contributed by atoms with Gasteiger partial charge in [-0.3, -0.25) is 4.90 Å². The molecule has 0 saturated carbocycles. The maximum absolute atomic E-state index is 5.93. The van der Waals surface area contributed by atoms with Gasteiger partial charge in [0.1, 0.15) is 4.83 Å². The minimum atomic E-state index is -0.610. The van der Waals surface area contributed by atoms with E-state index in [9.17, 15) is 0 Å². The lowest BCUT2D eigenvalue weighted by Crippen LogP contribution is -2.37. The molecule has 2 aromatic heterocycles. The first kappa shape index (κ1) is 17.0. The van der Waals surface area contributed by atoms with Crippen molar-refractivity contribution in [3.05, 3.63) is 47.5 Å². The smallest absolute Gasteiger partial charge is 0.124 e. The van der Waals surface area contributed by atoms with Crippen LogP contribution in [-0.2, 0) is 0 Å². The van der Waals surface area contributed by atoms with Crippen molar-refractivity contribution in [3.63, 3.8) is 0 Å². The number of aliphatic imine (C=N–C) groups is 1. The Bertz CT molecular complexity index is 1130. The lowest BCUT2D eigenvalue weighted by molar-refractivity contribution is 0.256. The van der Waals surface area contributed by atoms with Gasteiger partial charge in [-0.25, -0.2) is 9.98 Å². The van der Waals surface area contributed by atoms with Crippen molar-refractivity contribution >= 4 is 54.9 Å². The summed E-state index contributed by atoms with van der Waals surface area (Å²) >= 11 is 1.80. The molecule has 0 amide bonds. The van der Waals surface area contributed by atoms with Crippen LogP contribution in [0, 0.1) is 0 Å². The number of nitrogen functional groups attached to an aromatic ring is 1. The number of likely N-dealkylation sites (N-methyl/N-ethyl adjacent to an activating group) is 1. The summed E-state index contributed by atoms with van der Waals surface area (Å²) in [5, 5.41) is 1.26. The summed E-state index contributed by atoms with van der Waals surface area (Å²) < 4.78 is 0. The van der Waals surface area contributed by atoms with Crippen molar-refractivity contribution in [2.75, 3.05) is 19.3 Å². The summed E-state index contributed by atoms with van der Waals surface area (Å²) in [6, 6.07) is 10.6. The Morgan fingerprint density at radius 1 is 1.19 bits per heavy atom. The second-order valence-corrected chi connectivity index (χ2v) is 10.5. The Morgan fingerprint density at radius 3 is 2.81 bits per heavy atom. The molecule has 5 rings (SSSR count). The zero-order chi connectivity index (χ0) is 18.8. The van der Waals surface area contributed by atoms with E-state index < -0.39 is 10.9 Å². The first-order chi connectivity index (χ1) is 12.9. The predicted molar refractivity (Wildman–Crippen MR) is 119 cm³/mol. The summed E-state index contributed by atoms with van der Waals surface area (Å²) in [5.74, 6) is 0. The van der Waals surface area contributed by atoms with Crippen LogP contribution in [0.15, 0.2) is 57.4 Å². The van der Waals surface area contributed by atoms with E-state index >= 15 is 0 Å². The number of nitrogens with zero attached hydrogens (tertiary/aromatic N) is 3. The minimum Gasteiger partial charge on any atom is -0.399 e. The van der Waals surface area contributed by atoms with Crippen molar-refractivity contribution in [2.45, 2.75) is 29.2 Å². The molecule has 3 aromatic rings. The largest absolute Gasteiger partial charge is 0.399 e. The third kappa shape index (κ3) is 2.55. The molecule has 138 valence electrons. The standard InChI is InChI=1S/C21H22N4S2/c1-21(2)15(7-9-25(21)3)17-11-14-18(6-8-23-20(14)26-17)27-12-24-16-10-13(22)4-5-19(16)27/h4-8,10-12,27H,9,22H2,1-3H3. The molecular formula is C21H22N4S2. The van der Waals surface area contributed by atoms with Crippen LogP contribution in [0.3, 0.4) is 0 Å². The minimum absolute atomic E-state index is 0.0469. The molecule has 6 heteroatoms. The summed E-state index contributed by atoms with van der Waals surface area (Å²) in [6.07, 6.45) is 4.29. The number of nitrogens with two attached hydrogens (primary N) is 1. The van der Waals surface area contributed by atoms with E-state index in [4.69, 9.17) is 5.73 Å². The fourth-order valence-corrected chi connectivity index (χ4v) is 7.11. The van der Waals surface area contributed by atoms with Gasteiger partial charge in [-0.2, -0.15) is 10.9 Å². The lowest BCUT2D eigenvalue weighted by atomic mass is 9.94. The lowest BCUT2D eigenvalue weighted by Gasteiger charge is -2.30. The summed E-state index contributed by atoms with van der Waals surface area (Å²) in [4.78, 5) is 16.7. The van der Waals surface area contributed by atoms with Gasteiger partial charge in [-0.1, -0.05) is 6.08 Å². The first-order valence-electron chi connectivity index (χ1n) is 8.99. The van der Waals surface area contributed by atoms with Crippen LogP contribution in [0.25, 0.3) is 15.8 Å². The van der Waals surface area contributed by atoms with Crippen molar-refractivity contribution in [1.29, 1.82) is 0 Å². The Kier molecular flexibility index (Phi) is 3.73. The number of thiol groups is 1. The van der Waals surface area contributed by atoms with Crippen molar-refractivity contribution < 1.29 is 0 Å². The molecule has 1 atom stereocenters. The van der Waals surface area contributed by atoms with Gasteiger partial charge in [0, 0.05) is 49.6 Å². The van der Waals surface area contributed by atoms with Gasteiger partial charge < -0.3 is 5.73 Å². The zero-order valence-corrected chi connectivity index (χ0v) is 17.3. The molecule has 2 aliphatic rings. The van der Waals surface area contributed by atoms with Gasteiger partial charge in [0.2, 0.25) is 0 Å². The number of hydrogen-bond donors (Lipinski definition) is 2. The molecule has 1 unspecified atom stereocenters. The van der Waals surface area contributed by atoms with Crippen molar-refractivity contribution in [3.8, 4) is 0 Å². The number of hydrogen-bond acceptors (Lipinski definition) is 5. The van der Waals surface area contributed by atoms with Gasteiger partial charge in [0.05, 0.1) is 5.69 Å². The Labute approximate surface area is 165 Å². The second kappa shape index (κ2) is 5.92. The summed E-state index contributed by atoms with van der Waals surface area (Å²) in [7, 11) is 1.57. The highest BCUT2D eigenvalue weighted by molar-refractivity contribution is 8.29. The first-order valence-corrected chi connectivity index (χ1v) is 11.2. The van der Waals surface area contributed by atoms with E-state index in [1.807, 2.05) is 18.3 Å². The van der Waals surface area contributed by atoms with Crippen LogP contribution >= 0.6 is 22.2 Å². The van der Waals surface area contributed by atoms with Crippen molar-refractivity contribution in [1.82, 2.24) is 9.88 Å². The number of benzene rings is 1. The average Bonchev–Trinajstić information content (AvgIpc) is 3.30. The van der Waals surface area contributed by atoms with Crippen LogP contribution in [-0.4, -0.2) is 34.6 Å². The van der Waals surface area contributed by atoms with Gasteiger partial charge in [0.25, 0.3) is 0 Å². The highest BCUT2D eigenvalue weighted by atomic mass is 32.2. The molecule has 0 saturated heterocycles. The van der Waals surface area contributed by atoms with Gasteiger partial charge in [-0.15, -0.1) is 11.3 Å². The van der Waals surface area contributed by atoms with E-state index in [1.165, 1.54) is 25.6 Å². The molecule has 1 aromatic carbocycles. The number of fused-ring (bicyclic) bond motifs is 2. The van der Waals surface area contributed by atoms with E-state index in [1.54, 1.807) is 11.3 Å². The maximum atomic E-state index is 5.93. The number of thiophene rings is 1. The normalized spacial score (nSPS) is 22.3. The Hall–Kier alpha value is -2.15. The molecule has 27 heavy (non-hydrogen) atoms. The van der Waals surface area contributed by atoms with Crippen molar-refractivity contribution in [2.24, 2.45) is 4.99 Å². The SMILES string of the molecule is CN1CC=C(c2cc3c([SH]4C=Nc5cc(N)ccc54)ccnc3s2)C1(C)C. The molecule has 4 nitrogen and oxygen atoms in total. The van der Waals surface area contributed by atoms with Gasteiger partial charge in [-0.05, 0) is 56.8 Å². The van der Waals surface area contributed by atoms with E-state index in [2.05, 4.69) is 65.6 Å². The predicted octanol–water partition coefficient (Wildman–Crippen LogP) is 5.08. The average molecular weight is 395 g/mol. The van der Waals surface area contributed by atoms with Crippen LogP contribution in [0.2, 0.25) is 0 Å². The fraction of sp³-hybridized carbons (Fsp3) is 0.238. The van der Waals surface area contributed by atoms with Gasteiger partial charge >= 0.3 is 0 Å². The maximum Gasteiger partial charge on any atom is 0.124 e. The molecule has 0 spiro atoms.